The highest BCUT2D eigenvalue weighted by atomic mass is 32.1. The molecule has 0 fully saturated rings. The first-order valence-electron chi connectivity index (χ1n) is 4.21. The SMILES string of the molecule is CC(C)(C)CCNc1nccs1. The summed E-state index contributed by atoms with van der Waals surface area (Å²) in [4.78, 5) is 4.14. The summed E-state index contributed by atoms with van der Waals surface area (Å²) in [6, 6.07) is 0. The van der Waals surface area contributed by atoms with Crippen LogP contribution in [-0.4, -0.2) is 11.5 Å². The van der Waals surface area contributed by atoms with E-state index in [1.54, 1.807) is 11.3 Å². The maximum atomic E-state index is 4.14. The van der Waals surface area contributed by atoms with Crippen LogP contribution in [0.1, 0.15) is 27.2 Å². The first-order chi connectivity index (χ1) is 5.58. The fourth-order valence-electron chi connectivity index (χ4n) is 0.855. The number of nitrogens with one attached hydrogen (secondary N) is 1. The number of rotatable bonds is 3. The lowest BCUT2D eigenvalue weighted by Crippen LogP contribution is -2.12. The number of anilines is 1. The Balaban J connectivity index is 2.20. The van der Waals surface area contributed by atoms with Crippen molar-refractivity contribution in [1.82, 2.24) is 4.98 Å². The molecule has 0 spiro atoms. The molecule has 1 N–H and O–H groups in total. The second-order valence-electron chi connectivity index (χ2n) is 4.07. The summed E-state index contributed by atoms with van der Waals surface area (Å²) >= 11 is 1.65. The summed E-state index contributed by atoms with van der Waals surface area (Å²) in [5.74, 6) is 0. The van der Waals surface area contributed by atoms with E-state index in [0.29, 0.717) is 5.41 Å². The van der Waals surface area contributed by atoms with Gasteiger partial charge in [0.1, 0.15) is 0 Å². The Morgan fingerprint density at radius 2 is 2.25 bits per heavy atom. The zero-order valence-electron chi connectivity index (χ0n) is 7.92. The molecule has 0 bridgehead atoms. The van der Waals surface area contributed by atoms with E-state index in [-0.39, 0.29) is 0 Å². The normalized spacial score (nSPS) is 11.6. The first kappa shape index (κ1) is 9.52. The second kappa shape index (κ2) is 3.90. The lowest BCUT2D eigenvalue weighted by Gasteiger charge is -2.17. The molecule has 0 aromatic carbocycles. The number of hydrogen-bond donors (Lipinski definition) is 1. The molecule has 1 rings (SSSR count). The van der Waals surface area contributed by atoms with E-state index >= 15 is 0 Å². The maximum absolute atomic E-state index is 4.14. The molecule has 0 amide bonds. The van der Waals surface area contributed by atoms with Crippen molar-refractivity contribution in [2.75, 3.05) is 11.9 Å². The monoisotopic (exact) mass is 184 g/mol. The van der Waals surface area contributed by atoms with E-state index in [2.05, 4.69) is 31.1 Å². The molecule has 3 heteroatoms. The van der Waals surface area contributed by atoms with Crippen molar-refractivity contribution >= 4 is 16.5 Å². The molecule has 0 aliphatic rings. The third-order valence-corrected chi connectivity index (χ3v) is 2.31. The minimum Gasteiger partial charge on any atom is -0.362 e. The van der Waals surface area contributed by atoms with Crippen LogP contribution in [0, 0.1) is 5.41 Å². The Hall–Kier alpha value is -0.570. The topological polar surface area (TPSA) is 24.9 Å². The highest BCUT2D eigenvalue weighted by Gasteiger charge is 2.08. The Bertz CT molecular complexity index is 211. The predicted octanol–water partition coefficient (Wildman–Crippen LogP) is 2.99. The van der Waals surface area contributed by atoms with E-state index in [9.17, 15) is 0 Å². The van der Waals surface area contributed by atoms with E-state index in [4.69, 9.17) is 0 Å². The van der Waals surface area contributed by atoms with Gasteiger partial charge in [0.05, 0.1) is 0 Å². The van der Waals surface area contributed by atoms with Gasteiger partial charge in [-0.25, -0.2) is 4.98 Å². The average molecular weight is 184 g/mol. The molecule has 1 heterocycles. The summed E-state index contributed by atoms with van der Waals surface area (Å²) in [6.45, 7) is 7.75. The van der Waals surface area contributed by atoms with E-state index in [1.807, 2.05) is 11.6 Å². The van der Waals surface area contributed by atoms with Crippen LogP contribution < -0.4 is 5.32 Å². The minimum absolute atomic E-state index is 0.407. The standard InChI is InChI=1S/C9H16N2S/c1-9(2,3)4-5-10-8-11-6-7-12-8/h6-7H,4-5H2,1-3H3,(H,10,11). The van der Waals surface area contributed by atoms with Crippen LogP contribution in [0.25, 0.3) is 0 Å². The summed E-state index contributed by atoms with van der Waals surface area (Å²) in [7, 11) is 0. The number of thiazole rings is 1. The molecule has 1 aromatic heterocycles. The summed E-state index contributed by atoms with van der Waals surface area (Å²) < 4.78 is 0. The van der Waals surface area contributed by atoms with Gasteiger partial charge in [0.2, 0.25) is 0 Å². The highest BCUT2D eigenvalue weighted by molar-refractivity contribution is 7.13. The van der Waals surface area contributed by atoms with Crippen molar-refractivity contribution < 1.29 is 0 Å². The zero-order valence-corrected chi connectivity index (χ0v) is 8.74. The lowest BCUT2D eigenvalue weighted by molar-refractivity contribution is 0.390. The van der Waals surface area contributed by atoms with Crippen molar-refractivity contribution in [2.45, 2.75) is 27.2 Å². The average Bonchev–Trinajstić information content (AvgIpc) is 2.36. The third kappa shape index (κ3) is 3.72. The van der Waals surface area contributed by atoms with Crippen LogP contribution in [0.5, 0.6) is 0 Å². The van der Waals surface area contributed by atoms with Gasteiger partial charge in [0, 0.05) is 18.1 Å². The highest BCUT2D eigenvalue weighted by Crippen LogP contribution is 2.19. The Morgan fingerprint density at radius 1 is 1.50 bits per heavy atom. The molecule has 0 saturated carbocycles. The summed E-state index contributed by atoms with van der Waals surface area (Å²) in [5, 5.41) is 6.30. The molecule has 0 radical (unpaired) electrons. The Morgan fingerprint density at radius 3 is 2.75 bits per heavy atom. The molecule has 0 atom stereocenters. The molecular weight excluding hydrogens is 168 g/mol. The molecule has 12 heavy (non-hydrogen) atoms. The maximum Gasteiger partial charge on any atom is 0.182 e. The van der Waals surface area contributed by atoms with Crippen molar-refractivity contribution in [1.29, 1.82) is 0 Å². The van der Waals surface area contributed by atoms with Crippen LogP contribution in [0.2, 0.25) is 0 Å². The fourth-order valence-corrected chi connectivity index (χ4v) is 1.41. The number of hydrogen-bond acceptors (Lipinski definition) is 3. The van der Waals surface area contributed by atoms with Crippen molar-refractivity contribution in [3.05, 3.63) is 11.6 Å². The molecule has 0 unspecified atom stereocenters. The Kier molecular flexibility index (Phi) is 3.09. The predicted molar refractivity (Wildman–Crippen MR) is 54.7 cm³/mol. The van der Waals surface area contributed by atoms with Crippen LogP contribution >= 0.6 is 11.3 Å². The number of aromatic nitrogens is 1. The van der Waals surface area contributed by atoms with Gasteiger partial charge >= 0.3 is 0 Å². The molecule has 2 nitrogen and oxygen atoms in total. The van der Waals surface area contributed by atoms with Crippen LogP contribution in [0.4, 0.5) is 5.13 Å². The number of nitrogens with zero attached hydrogens (tertiary/aromatic N) is 1. The van der Waals surface area contributed by atoms with Gasteiger partial charge < -0.3 is 5.32 Å². The van der Waals surface area contributed by atoms with E-state index < -0.39 is 0 Å². The summed E-state index contributed by atoms with van der Waals surface area (Å²) in [6.07, 6.45) is 3.00. The fraction of sp³-hybridized carbons (Fsp3) is 0.667. The van der Waals surface area contributed by atoms with E-state index in [1.165, 1.54) is 6.42 Å². The van der Waals surface area contributed by atoms with Crippen LogP contribution in [-0.2, 0) is 0 Å². The van der Waals surface area contributed by atoms with Gasteiger partial charge in [-0.2, -0.15) is 0 Å². The Labute approximate surface area is 78.0 Å². The van der Waals surface area contributed by atoms with Gasteiger partial charge in [-0.05, 0) is 11.8 Å². The van der Waals surface area contributed by atoms with Gasteiger partial charge in [-0.3, -0.25) is 0 Å². The smallest absolute Gasteiger partial charge is 0.182 e. The second-order valence-corrected chi connectivity index (χ2v) is 4.97. The molecular formula is C9H16N2S. The van der Waals surface area contributed by atoms with Gasteiger partial charge in [0.15, 0.2) is 5.13 Å². The van der Waals surface area contributed by atoms with Gasteiger partial charge in [-0.1, -0.05) is 20.8 Å². The zero-order chi connectivity index (χ0) is 9.03. The largest absolute Gasteiger partial charge is 0.362 e. The molecule has 1 aromatic rings. The lowest BCUT2D eigenvalue weighted by atomic mass is 9.92. The first-order valence-corrected chi connectivity index (χ1v) is 5.09. The van der Waals surface area contributed by atoms with Gasteiger partial charge in [0.25, 0.3) is 0 Å². The summed E-state index contributed by atoms with van der Waals surface area (Å²) in [5.41, 5.74) is 0.407. The quantitative estimate of drug-likeness (QED) is 0.781. The molecule has 0 aliphatic carbocycles. The van der Waals surface area contributed by atoms with Crippen molar-refractivity contribution in [2.24, 2.45) is 5.41 Å². The van der Waals surface area contributed by atoms with E-state index in [0.717, 1.165) is 11.7 Å². The van der Waals surface area contributed by atoms with Gasteiger partial charge in [-0.15, -0.1) is 11.3 Å². The molecule has 0 aliphatic heterocycles. The van der Waals surface area contributed by atoms with Crippen LogP contribution in [0.15, 0.2) is 11.6 Å². The minimum atomic E-state index is 0.407. The van der Waals surface area contributed by atoms with Crippen molar-refractivity contribution in [3.8, 4) is 0 Å². The van der Waals surface area contributed by atoms with Crippen molar-refractivity contribution in [3.63, 3.8) is 0 Å². The van der Waals surface area contributed by atoms with Crippen LogP contribution in [0.3, 0.4) is 0 Å². The molecule has 68 valence electrons. The molecule has 0 saturated heterocycles. The third-order valence-electron chi connectivity index (χ3n) is 1.58.